The minimum atomic E-state index is -3.73. The van der Waals surface area contributed by atoms with E-state index in [1.54, 1.807) is 39.5 Å². The molecule has 10 heteroatoms. The van der Waals surface area contributed by atoms with E-state index in [0.29, 0.717) is 17.9 Å². The van der Waals surface area contributed by atoms with Crippen molar-refractivity contribution in [3.8, 4) is 0 Å². The van der Waals surface area contributed by atoms with Crippen LogP contribution in [-0.2, 0) is 35.7 Å². The van der Waals surface area contributed by atoms with Gasteiger partial charge in [0.1, 0.15) is 5.60 Å². The first-order valence-corrected chi connectivity index (χ1v) is 14.4. The van der Waals surface area contributed by atoms with Gasteiger partial charge in [-0.15, -0.1) is 0 Å². The number of alkyl carbamates (subject to hydrolysis) is 1. The molecule has 0 aliphatic heterocycles. The largest absolute Gasteiger partial charge is 0.474 e. The van der Waals surface area contributed by atoms with Gasteiger partial charge in [-0.2, -0.15) is 0 Å². The molecule has 2 rings (SSSR count). The minimum absolute atomic E-state index is 0.121. The van der Waals surface area contributed by atoms with Crippen LogP contribution in [0.3, 0.4) is 0 Å². The Hall–Kier alpha value is -1.54. The zero-order valence-electron chi connectivity index (χ0n) is 22.1. The lowest BCUT2D eigenvalue weighted by Crippen LogP contribution is -2.51. The second-order valence-corrected chi connectivity index (χ2v) is 13.1. The normalized spacial score (nSPS) is 13.8. The number of phosphoric ester groups is 1. The molecule has 0 aliphatic carbocycles. The minimum Gasteiger partial charge on any atom is -0.444 e. The Morgan fingerprint density at radius 3 is 2.31 bits per heavy atom. The van der Waals surface area contributed by atoms with E-state index < -0.39 is 25.1 Å². The maximum atomic E-state index is 12.5. The zero-order valence-corrected chi connectivity index (χ0v) is 24.5. The predicted octanol–water partition coefficient (Wildman–Crippen LogP) is 7.69. The maximum Gasteiger partial charge on any atom is 0.474 e. The fourth-order valence-corrected chi connectivity index (χ4v) is 5.38. The number of phosphoric acid groups is 1. The fourth-order valence-electron chi connectivity index (χ4n) is 3.29. The molecule has 2 aromatic carbocycles. The summed E-state index contributed by atoms with van der Waals surface area (Å²) in [7, 11) is -1.26. The summed E-state index contributed by atoms with van der Waals surface area (Å²) in [6.07, 6.45) is 1.35. The lowest BCUT2D eigenvalue weighted by Gasteiger charge is -2.32. The number of carbonyl (C=O) groups is 1. The van der Waals surface area contributed by atoms with Gasteiger partial charge in [-0.1, -0.05) is 48.5 Å². The van der Waals surface area contributed by atoms with E-state index in [1.807, 2.05) is 18.2 Å². The third kappa shape index (κ3) is 10.1. The molecular formula is C26H37ClNO6PS. The first-order valence-electron chi connectivity index (χ1n) is 11.7. The summed E-state index contributed by atoms with van der Waals surface area (Å²) in [5.41, 5.74) is 0.593. The van der Waals surface area contributed by atoms with Gasteiger partial charge < -0.3 is 10.1 Å². The maximum absolute atomic E-state index is 12.5. The number of amides is 1. The van der Waals surface area contributed by atoms with Crippen LogP contribution in [0.2, 0.25) is 5.02 Å². The highest BCUT2D eigenvalue weighted by Crippen LogP contribution is 2.48. The van der Waals surface area contributed by atoms with Crippen LogP contribution in [0, 0.1) is 0 Å². The second-order valence-electron chi connectivity index (χ2n) is 9.63. The highest BCUT2D eigenvalue weighted by Gasteiger charge is 2.34. The number of rotatable bonds is 12. The van der Waals surface area contributed by atoms with Gasteiger partial charge >= 0.3 is 13.9 Å². The molecule has 200 valence electrons. The van der Waals surface area contributed by atoms with Crippen molar-refractivity contribution in [3.63, 3.8) is 0 Å². The van der Waals surface area contributed by atoms with Gasteiger partial charge in [0.05, 0.1) is 12.1 Å². The van der Waals surface area contributed by atoms with Gasteiger partial charge in [-0.3, -0.25) is 13.6 Å². The van der Waals surface area contributed by atoms with E-state index in [-0.39, 0.29) is 6.61 Å². The van der Waals surface area contributed by atoms with Crippen molar-refractivity contribution < 1.29 is 27.7 Å². The van der Waals surface area contributed by atoms with Crippen LogP contribution in [0.15, 0.2) is 52.3 Å². The van der Waals surface area contributed by atoms with Crippen molar-refractivity contribution in [3.05, 3.63) is 58.6 Å². The Balaban J connectivity index is 2.14. The molecule has 0 heterocycles. The van der Waals surface area contributed by atoms with Crippen LogP contribution in [0.5, 0.6) is 0 Å². The van der Waals surface area contributed by atoms with Crippen molar-refractivity contribution in [2.45, 2.75) is 74.8 Å². The van der Waals surface area contributed by atoms with E-state index >= 15 is 0 Å². The Morgan fingerprint density at radius 2 is 1.72 bits per heavy atom. The number of ether oxygens (including phenoxy) is 1. The molecule has 0 spiro atoms. The molecule has 1 N–H and O–H groups in total. The molecule has 2 aromatic rings. The van der Waals surface area contributed by atoms with E-state index in [9.17, 15) is 9.36 Å². The number of hydrogen-bond acceptors (Lipinski definition) is 7. The third-order valence-corrected chi connectivity index (χ3v) is 7.98. The van der Waals surface area contributed by atoms with Gasteiger partial charge in [0.2, 0.25) is 0 Å². The molecule has 0 radical (unpaired) electrons. The summed E-state index contributed by atoms with van der Waals surface area (Å²) >= 11 is 8.29. The molecule has 1 atom stereocenters. The molecule has 0 aromatic heterocycles. The molecule has 0 unspecified atom stereocenters. The molecule has 0 saturated heterocycles. The topological polar surface area (TPSA) is 83.1 Å². The number of benzene rings is 2. The van der Waals surface area contributed by atoms with E-state index in [4.69, 9.17) is 29.9 Å². The Morgan fingerprint density at radius 1 is 1.06 bits per heavy atom. The van der Waals surface area contributed by atoms with E-state index in [0.717, 1.165) is 21.8 Å². The molecule has 7 nitrogen and oxygen atoms in total. The standard InChI is InChI=1S/C26H37ClNO6PS/c1-8-19-10-9-11-21(16-19)36-22-13-12-20(23(27)17-22)14-15-26(5,18-33-35(30,31-6)32-7)28-24(29)34-25(2,3)4/h9-13,16-17H,8,14-15,18H2,1-7H3,(H,28,29)/t26-/m1/s1. The van der Waals surface area contributed by atoms with Gasteiger partial charge in [0, 0.05) is 29.0 Å². The zero-order chi connectivity index (χ0) is 27.0. The summed E-state index contributed by atoms with van der Waals surface area (Å²) in [5, 5.41) is 3.48. The fraction of sp³-hybridized carbons (Fsp3) is 0.500. The number of carbonyl (C=O) groups excluding carboxylic acids is 1. The van der Waals surface area contributed by atoms with Gasteiger partial charge in [-0.25, -0.2) is 9.36 Å². The summed E-state index contributed by atoms with van der Waals surface area (Å²) in [6, 6.07) is 14.4. The van der Waals surface area contributed by atoms with Crippen molar-refractivity contribution in [2.24, 2.45) is 0 Å². The molecule has 0 bridgehead atoms. The summed E-state index contributed by atoms with van der Waals surface area (Å²) in [6.45, 7) is 9.14. The number of aryl methyl sites for hydroxylation is 2. The average Bonchev–Trinajstić information content (AvgIpc) is 2.81. The number of halogens is 1. The Labute approximate surface area is 224 Å². The smallest absolute Gasteiger partial charge is 0.444 e. The number of hydrogen-bond donors (Lipinski definition) is 1. The predicted molar refractivity (Wildman–Crippen MR) is 145 cm³/mol. The van der Waals surface area contributed by atoms with Crippen LogP contribution in [0.1, 0.15) is 52.2 Å². The van der Waals surface area contributed by atoms with Crippen LogP contribution in [0.4, 0.5) is 4.79 Å². The van der Waals surface area contributed by atoms with Crippen molar-refractivity contribution >= 4 is 37.3 Å². The van der Waals surface area contributed by atoms with Crippen molar-refractivity contribution in [1.82, 2.24) is 5.32 Å². The summed E-state index contributed by atoms with van der Waals surface area (Å²) < 4.78 is 33.0. The molecule has 0 saturated carbocycles. The monoisotopic (exact) mass is 557 g/mol. The SMILES string of the molecule is CCc1cccc(Sc2ccc(CC[C@](C)(COP(=O)(OC)OC)NC(=O)OC(C)(C)C)c(Cl)c2)c1. The first kappa shape index (κ1) is 30.7. The molecular weight excluding hydrogens is 521 g/mol. The Kier molecular flexibility index (Phi) is 11.3. The third-order valence-electron chi connectivity index (χ3n) is 5.30. The lowest BCUT2D eigenvalue weighted by atomic mass is 9.94. The van der Waals surface area contributed by atoms with Gasteiger partial charge in [0.15, 0.2) is 0 Å². The van der Waals surface area contributed by atoms with E-state index in [1.165, 1.54) is 19.8 Å². The Bertz CT molecular complexity index is 1070. The highest BCUT2D eigenvalue weighted by molar-refractivity contribution is 7.99. The van der Waals surface area contributed by atoms with Crippen LogP contribution < -0.4 is 5.32 Å². The number of nitrogens with one attached hydrogen (secondary N) is 1. The molecule has 1 amide bonds. The lowest BCUT2D eigenvalue weighted by molar-refractivity contribution is 0.0389. The average molecular weight is 558 g/mol. The van der Waals surface area contributed by atoms with Crippen LogP contribution in [0.25, 0.3) is 0 Å². The summed E-state index contributed by atoms with van der Waals surface area (Å²) in [5.74, 6) is 0. The van der Waals surface area contributed by atoms with Gasteiger partial charge in [-0.05, 0) is 82.3 Å². The van der Waals surface area contributed by atoms with Crippen LogP contribution in [-0.4, -0.2) is 38.1 Å². The van der Waals surface area contributed by atoms with Gasteiger partial charge in [0.25, 0.3) is 0 Å². The summed E-state index contributed by atoms with van der Waals surface area (Å²) in [4.78, 5) is 14.7. The molecule has 36 heavy (non-hydrogen) atoms. The molecule has 0 fully saturated rings. The molecule has 0 aliphatic rings. The first-order chi connectivity index (χ1) is 16.8. The second kappa shape index (κ2) is 13.3. The van der Waals surface area contributed by atoms with Crippen LogP contribution >= 0.6 is 31.2 Å². The quantitative estimate of drug-likeness (QED) is 0.268. The van der Waals surface area contributed by atoms with Crippen molar-refractivity contribution in [2.75, 3.05) is 20.8 Å². The van der Waals surface area contributed by atoms with Crippen molar-refractivity contribution in [1.29, 1.82) is 0 Å². The van der Waals surface area contributed by atoms with E-state index in [2.05, 4.69) is 36.5 Å². The highest BCUT2D eigenvalue weighted by atomic mass is 35.5.